The summed E-state index contributed by atoms with van der Waals surface area (Å²) in [6.45, 7) is 16.3. The quantitative estimate of drug-likeness (QED) is 0.714. The highest BCUT2D eigenvalue weighted by molar-refractivity contribution is 6.74. The number of carbonyl (C=O) groups excluding carboxylic acids is 1. The minimum absolute atomic E-state index is 0.00859. The molecule has 0 aliphatic heterocycles. The fourth-order valence-electron chi connectivity index (χ4n) is 2.04. The van der Waals surface area contributed by atoms with Gasteiger partial charge in [0.1, 0.15) is 11.5 Å². The third-order valence-corrected chi connectivity index (χ3v) is 8.99. The van der Waals surface area contributed by atoms with E-state index in [-0.39, 0.29) is 10.9 Å². The molecule has 0 aliphatic carbocycles. The average Bonchev–Trinajstić information content (AvgIpc) is 2.46. The van der Waals surface area contributed by atoms with Crippen molar-refractivity contribution in [3.8, 4) is 11.5 Å². The molecule has 0 saturated carbocycles. The SMILES string of the molecule is CCN(CC)C(=O)c1ccc(O[Si](C)(C)C(C)(C)C)cc1OC. The van der Waals surface area contributed by atoms with Gasteiger partial charge in [-0.1, -0.05) is 20.8 Å². The van der Waals surface area contributed by atoms with Gasteiger partial charge in [-0.25, -0.2) is 0 Å². The van der Waals surface area contributed by atoms with Crippen LogP contribution in [0.3, 0.4) is 0 Å². The third-order valence-electron chi connectivity index (χ3n) is 4.63. The topological polar surface area (TPSA) is 38.8 Å². The zero-order valence-corrected chi connectivity index (χ0v) is 16.8. The summed E-state index contributed by atoms with van der Waals surface area (Å²) in [5.41, 5.74) is 0.582. The van der Waals surface area contributed by atoms with E-state index in [2.05, 4.69) is 33.9 Å². The summed E-state index contributed by atoms with van der Waals surface area (Å²) in [7, 11) is -0.325. The van der Waals surface area contributed by atoms with Gasteiger partial charge in [0.05, 0.1) is 12.7 Å². The fourth-order valence-corrected chi connectivity index (χ4v) is 3.06. The third kappa shape index (κ3) is 4.50. The Kier molecular flexibility index (Phi) is 6.28. The summed E-state index contributed by atoms with van der Waals surface area (Å²) in [6.07, 6.45) is 0. The van der Waals surface area contributed by atoms with Gasteiger partial charge in [0.2, 0.25) is 8.32 Å². The Morgan fingerprint density at radius 1 is 1.17 bits per heavy atom. The van der Waals surface area contributed by atoms with E-state index in [1.807, 2.05) is 32.0 Å². The molecule has 1 aromatic carbocycles. The summed E-state index contributed by atoms with van der Waals surface area (Å²) in [5.74, 6) is 1.33. The van der Waals surface area contributed by atoms with Crippen LogP contribution in [0.2, 0.25) is 18.1 Å². The van der Waals surface area contributed by atoms with E-state index in [9.17, 15) is 4.79 Å². The Bertz CT molecular complexity index is 546. The molecular weight excluding hydrogens is 306 g/mol. The highest BCUT2D eigenvalue weighted by Crippen LogP contribution is 2.38. The molecular formula is C18H31NO3Si. The molecule has 23 heavy (non-hydrogen) atoms. The predicted molar refractivity (Wildman–Crippen MR) is 98.1 cm³/mol. The molecule has 0 radical (unpaired) electrons. The molecule has 4 nitrogen and oxygen atoms in total. The van der Waals surface area contributed by atoms with Gasteiger partial charge in [0, 0.05) is 19.2 Å². The first-order valence-corrected chi connectivity index (χ1v) is 11.1. The monoisotopic (exact) mass is 337 g/mol. The minimum atomic E-state index is -1.91. The van der Waals surface area contributed by atoms with Gasteiger partial charge >= 0.3 is 0 Å². The van der Waals surface area contributed by atoms with Crippen LogP contribution in [0.5, 0.6) is 11.5 Å². The summed E-state index contributed by atoms with van der Waals surface area (Å²) in [6, 6.07) is 5.51. The van der Waals surface area contributed by atoms with Crippen LogP contribution in [0.25, 0.3) is 0 Å². The number of amides is 1. The van der Waals surface area contributed by atoms with E-state index < -0.39 is 8.32 Å². The number of benzene rings is 1. The van der Waals surface area contributed by atoms with Crippen molar-refractivity contribution in [2.24, 2.45) is 0 Å². The zero-order valence-electron chi connectivity index (χ0n) is 15.8. The first-order chi connectivity index (χ1) is 10.6. The lowest BCUT2D eigenvalue weighted by molar-refractivity contribution is 0.0769. The van der Waals surface area contributed by atoms with Gasteiger partial charge in [0.25, 0.3) is 5.91 Å². The van der Waals surface area contributed by atoms with Crippen molar-refractivity contribution in [2.75, 3.05) is 20.2 Å². The van der Waals surface area contributed by atoms with E-state index >= 15 is 0 Å². The van der Waals surface area contributed by atoms with Crippen LogP contribution in [-0.2, 0) is 0 Å². The van der Waals surface area contributed by atoms with E-state index in [0.29, 0.717) is 24.4 Å². The number of nitrogens with zero attached hydrogens (tertiary/aromatic N) is 1. The van der Waals surface area contributed by atoms with Gasteiger partial charge in [0.15, 0.2) is 0 Å². The maximum absolute atomic E-state index is 12.6. The first kappa shape index (κ1) is 19.6. The second-order valence-electron chi connectivity index (χ2n) is 7.20. The Labute approximate surface area is 141 Å². The summed E-state index contributed by atoms with van der Waals surface area (Å²) >= 11 is 0. The number of rotatable bonds is 6. The van der Waals surface area contributed by atoms with Crippen LogP contribution < -0.4 is 9.16 Å². The fraction of sp³-hybridized carbons (Fsp3) is 0.611. The number of ether oxygens (including phenoxy) is 1. The van der Waals surface area contributed by atoms with Crippen molar-refractivity contribution < 1.29 is 14.0 Å². The largest absolute Gasteiger partial charge is 0.543 e. The number of carbonyl (C=O) groups is 1. The summed E-state index contributed by atoms with van der Waals surface area (Å²) in [5, 5.41) is 0.121. The zero-order chi connectivity index (χ0) is 17.8. The molecule has 130 valence electrons. The lowest BCUT2D eigenvalue weighted by atomic mass is 10.1. The van der Waals surface area contributed by atoms with Crippen LogP contribution in [0, 0.1) is 0 Å². The molecule has 0 N–H and O–H groups in total. The van der Waals surface area contributed by atoms with E-state index in [4.69, 9.17) is 9.16 Å². The smallest absolute Gasteiger partial charge is 0.257 e. The number of methoxy groups -OCH3 is 1. The van der Waals surface area contributed by atoms with Gasteiger partial charge in [-0.2, -0.15) is 0 Å². The Morgan fingerprint density at radius 3 is 2.17 bits per heavy atom. The van der Waals surface area contributed by atoms with Gasteiger partial charge in [-0.05, 0) is 44.1 Å². The molecule has 0 aromatic heterocycles. The average molecular weight is 338 g/mol. The molecule has 0 unspecified atom stereocenters. The van der Waals surface area contributed by atoms with E-state index in [1.165, 1.54) is 0 Å². The maximum atomic E-state index is 12.6. The summed E-state index contributed by atoms with van der Waals surface area (Å²) < 4.78 is 11.7. The van der Waals surface area contributed by atoms with Crippen LogP contribution in [0.15, 0.2) is 18.2 Å². The van der Waals surface area contributed by atoms with Crippen molar-refractivity contribution >= 4 is 14.2 Å². The molecule has 0 fully saturated rings. The molecule has 0 atom stereocenters. The second-order valence-corrected chi connectivity index (χ2v) is 11.9. The molecule has 0 bridgehead atoms. The first-order valence-electron chi connectivity index (χ1n) is 8.23. The van der Waals surface area contributed by atoms with Crippen molar-refractivity contribution in [1.82, 2.24) is 4.90 Å². The van der Waals surface area contributed by atoms with Gasteiger partial charge in [-0.15, -0.1) is 0 Å². The molecule has 0 heterocycles. The van der Waals surface area contributed by atoms with E-state index in [0.717, 1.165) is 5.75 Å². The molecule has 1 amide bonds. The number of hydrogen-bond acceptors (Lipinski definition) is 3. The highest BCUT2D eigenvalue weighted by atomic mass is 28.4. The van der Waals surface area contributed by atoms with Crippen LogP contribution in [0.4, 0.5) is 0 Å². The standard InChI is InChI=1S/C18H31NO3Si/c1-9-19(10-2)17(20)15-12-11-14(13-16(15)21-6)22-23(7,8)18(3,4)5/h11-13H,9-10H2,1-8H3. The normalized spacial score (nSPS) is 12.0. The lowest BCUT2D eigenvalue weighted by Gasteiger charge is -2.36. The van der Waals surface area contributed by atoms with Crippen molar-refractivity contribution in [2.45, 2.75) is 52.8 Å². The molecule has 0 spiro atoms. The highest BCUT2D eigenvalue weighted by Gasteiger charge is 2.39. The molecule has 1 rings (SSSR count). The predicted octanol–water partition coefficient (Wildman–Crippen LogP) is 4.56. The van der Waals surface area contributed by atoms with Gasteiger partial charge < -0.3 is 14.1 Å². The van der Waals surface area contributed by atoms with Crippen LogP contribution in [0.1, 0.15) is 45.0 Å². The molecule has 0 saturated heterocycles. The summed E-state index contributed by atoms with van der Waals surface area (Å²) in [4.78, 5) is 14.3. The van der Waals surface area contributed by atoms with Crippen LogP contribution >= 0.6 is 0 Å². The maximum Gasteiger partial charge on any atom is 0.257 e. The Hall–Kier alpha value is -1.49. The molecule has 1 aromatic rings. The van der Waals surface area contributed by atoms with Gasteiger partial charge in [-0.3, -0.25) is 4.79 Å². The minimum Gasteiger partial charge on any atom is -0.543 e. The van der Waals surface area contributed by atoms with E-state index in [1.54, 1.807) is 12.0 Å². The molecule has 0 aliphatic rings. The number of hydrogen-bond donors (Lipinski definition) is 0. The lowest BCUT2D eigenvalue weighted by Crippen LogP contribution is -2.43. The second kappa shape index (κ2) is 7.38. The Morgan fingerprint density at radius 2 is 1.74 bits per heavy atom. The van der Waals surface area contributed by atoms with Crippen LogP contribution in [-0.4, -0.2) is 39.3 Å². The Balaban J connectivity index is 3.13. The van der Waals surface area contributed by atoms with Crippen molar-refractivity contribution in [3.05, 3.63) is 23.8 Å². The molecule has 5 heteroatoms. The van der Waals surface area contributed by atoms with Crippen molar-refractivity contribution in [3.63, 3.8) is 0 Å². The van der Waals surface area contributed by atoms with Crippen molar-refractivity contribution in [1.29, 1.82) is 0 Å².